The molecule has 70 valence electrons. The van der Waals surface area contributed by atoms with Gasteiger partial charge in [-0.25, -0.2) is 0 Å². The second kappa shape index (κ2) is 3.06. The van der Waals surface area contributed by atoms with E-state index in [0.717, 1.165) is 5.01 Å². The number of nitrogens with zero attached hydrogens (tertiary/aromatic N) is 2. The summed E-state index contributed by atoms with van der Waals surface area (Å²) in [7, 11) is 0. The van der Waals surface area contributed by atoms with Gasteiger partial charge in [0.1, 0.15) is 5.69 Å². The number of hydrogen-bond donors (Lipinski definition) is 0. The van der Waals surface area contributed by atoms with Gasteiger partial charge in [0.25, 0.3) is 5.70 Å². The highest BCUT2D eigenvalue weighted by Gasteiger charge is 2.38. The average molecular weight is 189 g/mol. The summed E-state index contributed by atoms with van der Waals surface area (Å²) in [5, 5.41) is 1.09. The van der Waals surface area contributed by atoms with Gasteiger partial charge >= 0.3 is 5.91 Å². The fourth-order valence-electron chi connectivity index (χ4n) is 1.34. The largest absolute Gasteiger partial charge is 0.318 e. The van der Waals surface area contributed by atoms with Gasteiger partial charge in [-0.3, -0.25) is 4.79 Å². The summed E-state index contributed by atoms with van der Waals surface area (Å²) in [4.78, 5) is 23.5. The summed E-state index contributed by atoms with van der Waals surface area (Å²) in [5.74, 6) is -0.302. The molecule has 0 unspecified atom stereocenters. The van der Waals surface area contributed by atoms with E-state index in [1.165, 1.54) is 6.08 Å². The minimum Gasteiger partial charge on any atom is -0.263 e. The van der Waals surface area contributed by atoms with Crippen LogP contribution in [-0.2, 0) is 4.79 Å². The van der Waals surface area contributed by atoms with Crippen molar-refractivity contribution in [2.75, 3.05) is 5.01 Å². The normalized spacial score (nSPS) is 16.1. The van der Waals surface area contributed by atoms with Crippen molar-refractivity contribution in [3.8, 4) is 0 Å². The maximum absolute atomic E-state index is 11.5. The number of hydrogen-bond acceptors (Lipinski definition) is 2. The standard InChI is InChI=1S/C10H9N2O2/c1-8-7-10(13)11(12(8)14)9-5-3-2-4-6-9/h2-7H,1H3/q+1. The number of carbonyl (C=O) groups excluding carboxylic acids is 1. The summed E-state index contributed by atoms with van der Waals surface area (Å²) in [6, 6.07) is 8.83. The minimum absolute atomic E-state index is 0.302. The molecule has 0 saturated heterocycles. The Hall–Kier alpha value is -1.97. The topological polar surface area (TPSA) is 40.4 Å². The zero-order valence-corrected chi connectivity index (χ0v) is 7.68. The third-order valence-electron chi connectivity index (χ3n) is 2.03. The van der Waals surface area contributed by atoms with Crippen LogP contribution >= 0.6 is 0 Å². The molecule has 0 aromatic heterocycles. The summed E-state index contributed by atoms with van der Waals surface area (Å²) in [6.45, 7) is 1.60. The van der Waals surface area contributed by atoms with Crippen LogP contribution in [0.4, 0.5) is 5.69 Å². The molecule has 0 N–H and O–H groups in total. The molecule has 1 aromatic rings. The molecule has 1 amide bonds. The molecule has 0 fully saturated rings. The first kappa shape index (κ1) is 8.62. The highest BCUT2D eigenvalue weighted by molar-refractivity contribution is 6.01. The van der Waals surface area contributed by atoms with E-state index in [9.17, 15) is 9.70 Å². The van der Waals surface area contributed by atoms with Crippen molar-refractivity contribution in [3.05, 3.63) is 47.0 Å². The van der Waals surface area contributed by atoms with Crippen molar-refractivity contribution in [1.82, 2.24) is 0 Å². The van der Waals surface area contributed by atoms with E-state index in [0.29, 0.717) is 16.3 Å². The number of nitroso groups, excluding NO2 is 1. The number of amides is 1. The molecule has 4 heteroatoms. The third kappa shape index (κ3) is 1.21. The van der Waals surface area contributed by atoms with Crippen LogP contribution in [0.15, 0.2) is 42.1 Å². The number of hydrazine groups is 1. The Morgan fingerprint density at radius 3 is 2.36 bits per heavy atom. The summed E-state index contributed by atoms with van der Waals surface area (Å²) < 4.78 is 0. The molecule has 1 aliphatic rings. The van der Waals surface area contributed by atoms with Crippen LogP contribution in [0.25, 0.3) is 0 Å². The third-order valence-corrected chi connectivity index (χ3v) is 2.03. The van der Waals surface area contributed by atoms with Crippen LogP contribution in [0.2, 0.25) is 0 Å². The SMILES string of the molecule is CC1=CC(=O)N(c2ccccc2)[N+]1=O. The quantitative estimate of drug-likeness (QED) is 0.630. The van der Waals surface area contributed by atoms with Gasteiger partial charge in [-0.05, 0) is 17.1 Å². The van der Waals surface area contributed by atoms with E-state index in [1.807, 2.05) is 6.07 Å². The molecule has 1 aromatic carbocycles. The number of benzene rings is 1. The molecular weight excluding hydrogens is 180 g/mol. The molecule has 0 bridgehead atoms. The van der Waals surface area contributed by atoms with Crippen molar-refractivity contribution in [1.29, 1.82) is 0 Å². The van der Waals surface area contributed by atoms with Crippen LogP contribution < -0.4 is 5.01 Å². The van der Waals surface area contributed by atoms with Gasteiger partial charge in [0.2, 0.25) is 0 Å². The lowest BCUT2D eigenvalue weighted by molar-refractivity contribution is -0.495. The molecule has 4 nitrogen and oxygen atoms in total. The lowest BCUT2D eigenvalue weighted by atomic mass is 10.3. The second-order valence-electron chi connectivity index (χ2n) is 3.04. The molecule has 0 radical (unpaired) electrons. The van der Waals surface area contributed by atoms with Gasteiger partial charge in [-0.1, -0.05) is 18.2 Å². The van der Waals surface area contributed by atoms with Crippen LogP contribution in [0.3, 0.4) is 0 Å². The molecule has 2 rings (SSSR count). The van der Waals surface area contributed by atoms with E-state index in [4.69, 9.17) is 0 Å². The van der Waals surface area contributed by atoms with E-state index in [-0.39, 0.29) is 5.91 Å². The first-order valence-electron chi connectivity index (χ1n) is 4.25. The van der Waals surface area contributed by atoms with Gasteiger partial charge < -0.3 is 0 Å². The summed E-state index contributed by atoms with van der Waals surface area (Å²) in [6.07, 6.45) is 1.32. The summed E-state index contributed by atoms with van der Waals surface area (Å²) in [5.41, 5.74) is 0.986. The zero-order valence-electron chi connectivity index (χ0n) is 7.68. The predicted molar refractivity (Wildman–Crippen MR) is 51.3 cm³/mol. The molecule has 0 atom stereocenters. The number of rotatable bonds is 1. The second-order valence-corrected chi connectivity index (χ2v) is 3.04. The number of allylic oxidation sites excluding steroid dienone is 1. The van der Waals surface area contributed by atoms with E-state index < -0.39 is 0 Å². The lowest BCUT2D eigenvalue weighted by Gasteiger charge is -2.04. The van der Waals surface area contributed by atoms with Crippen LogP contribution in [0, 0.1) is 4.91 Å². The number of anilines is 1. The summed E-state index contributed by atoms with van der Waals surface area (Å²) >= 11 is 0. The molecule has 14 heavy (non-hydrogen) atoms. The minimum atomic E-state index is -0.302. The highest BCUT2D eigenvalue weighted by atomic mass is 16.3. The Kier molecular flexibility index (Phi) is 1.89. The maximum Gasteiger partial charge on any atom is 0.318 e. The van der Waals surface area contributed by atoms with Gasteiger partial charge in [0.05, 0.1) is 11.0 Å². The van der Waals surface area contributed by atoms with Gasteiger partial charge in [-0.2, -0.15) is 0 Å². The lowest BCUT2D eigenvalue weighted by Crippen LogP contribution is -2.31. The molecular formula is C10H9N2O2+. The fraction of sp³-hybridized carbons (Fsp3) is 0.100. The molecule has 1 heterocycles. The van der Waals surface area contributed by atoms with E-state index >= 15 is 0 Å². The molecule has 0 aliphatic carbocycles. The molecule has 0 saturated carbocycles. The van der Waals surface area contributed by atoms with Crippen molar-refractivity contribution < 1.29 is 9.66 Å². The Morgan fingerprint density at radius 1 is 1.21 bits per heavy atom. The van der Waals surface area contributed by atoms with E-state index in [1.54, 1.807) is 31.2 Å². The predicted octanol–water partition coefficient (Wildman–Crippen LogP) is 1.63. The Labute approximate surface area is 81.0 Å². The Balaban J connectivity index is 2.39. The van der Waals surface area contributed by atoms with Gasteiger partial charge in [0.15, 0.2) is 4.87 Å². The highest BCUT2D eigenvalue weighted by Crippen LogP contribution is 2.20. The van der Waals surface area contributed by atoms with Crippen molar-refractivity contribution in [3.63, 3.8) is 0 Å². The fourth-order valence-corrected chi connectivity index (χ4v) is 1.34. The maximum atomic E-state index is 11.5. The van der Waals surface area contributed by atoms with Gasteiger partial charge in [0, 0.05) is 6.92 Å². The molecule has 0 spiro atoms. The van der Waals surface area contributed by atoms with Crippen LogP contribution in [0.1, 0.15) is 6.92 Å². The van der Waals surface area contributed by atoms with Crippen LogP contribution in [-0.4, -0.2) is 10.8 Å². The van der Waals surface area contributed by atoms with Gasteiger partial charge in [-0.15, -0.1) is 0 Å². The average Bonchev–Trinajstić information content (AvgIpc) is 2.43. The Bertz CT molecular complexity index is 423. The first-order valence-corrected chi connectivity index (χ1v) is 4.25. The van der Waals surface area contributed by atoms with Crippen LogP contribution in [0.5, 0.6) is 0 Å². The number of carbonyl (C=O) groups is 1. The Morgan fingerprint density at radius 2 is 1.86 bits per heavy atom. The van der Waals surface area contributed by atoms with E-state index in [2.05, 4.69) is 0 Å². The van der Waals surface area contributed by atoms with Crippen molar-refractivity contribution in [2.24, 2.45) is 0 Å². The monoisotopic (exact) mass is 189 g/mol. The van der Waals surface area contributed by atoms with Crippen molar-refractivity contribution >= 4 is 11.6 Å². The molecule has 1 aliphatic heterocycles. The first-order chi connectivity index (χ1) is 6.70. The zero-order chi connectivity index (χ0) is 10.1. The number of para-hydroxylation sites is 1. The smallest absolute Gasteiger partial charge is 0.263 e. The van der Waals surface area contributed by atoms with Crippen molar-refractivity contribution in [2.45, 2.75) is 6.92 Å².